The first-order valence-electron chi connectivity index (χ1n) is 11.5. The molecule has 0 spiro atoms. The maximum atomic E-state index is 13.4. The summed E-state index contributed by atoms with van der Waals surface area (Å²) in [5, 5.41) is 6.48. The van der Waals surface area contributed by atoms with Crippen LogP contribution in [0.5, 0.6) is 0 Å². The average Bonchev–Trinajstić information content (AvgIpc) is 3.30. The number of rotatable bonds is 4. The third-order valence-electron chi connectivity index (χ3n) is 6.38. The summed E-state index contributed by atoms with van der Waals surface area (Å²) in [4.78, 5) is 34.9. The SMILES string of the molecule is CN1CCN=C1c1ccc(NC(=O)C2Cc3ccccc3CN2C(=O)Nc2ccc(Cl)cc2)cc1. The van der Waals surface area contributed by atoms with Gasteiger partial charge in [0.05, 0.1) is 6.54 Å². The monoisotopic (exact) mass is 487 g/mol. The Bertz CT molecular complexity index is 1270. The van der Waals surface area contributed by atoms with Gasteiger partial charge < -0.3 is 20.4 Å². The van der Waals surface area contributed by atoms with E-state index >= 15 is 0 Å². The standard InChI is InChI=1S/C27H26ClN5O2/c1-32-15-14-29-25(32)18-6-10-22(11-7-18)30-26(34)24-16-19-4-2-3-5-20(19)17-33(24)27(35)31-23-12-8-21(28)9-13-23/h2-13,24H,14-17H2,1H3,(H,30,34)(H,31,35). The molecule has 0 saturated carbocycles. The van der Waals surface area contributed by atoms with E-state index < -0.39 is 6.04 Å². The number of amides is 3. The predicted molar refractivity (Wildman–Crippen MR) is 139 cm³/mol. The average molecular weight is 488 g/mol. The van der Waals surface area contributed by atoms with Gasteiger partial charge in [0.25, 0.3) is 0 Å². The number of urea groups is 1. The first kappa shape index (κ1) is 22.9. The summed E-state index contributed by atoms with van der Waals surface area (Å²) in [5.41, 5.74) is 4.41. The molecule has 0 fully saturated rings. The van der Waals surface area contributed by atoms with Gasteiger partial charge in [-0.2, -0.15) is 0 Å². The van der Waals surface area contributed by atoms with E-state index in [1.54, 1.807) is 29.2 Å². The van der Waals surface area contributed by atoms with E-state index in [0.717, 1.165) is 35.6 Å². The highest BCUT2D eigenvalue weighted by Crippen LogP contribution is 2.26. The lowest BCUT2D eigenvalue weighted by Crippen LogP contribution is -2.52. The Morgan fingerprint density at radius 1 is 0.914 bits per heavy atom. The topological polar surface area (TPSA) is 77.0 Å². The zero-order chi connectivity index (χ0) is 24.4. The van der Waals surface area contributed by atoms with Gasteiger partial charge in [-0.3, -0.25) is 9.79 Å². The summed E-state index contributed by atoms with van der Waals surface area (Å²) in [6.45, 7) is 2.05. The van der Waals surface area contributed by atoms with Gasteiger partial charge in [0.1, 0.15) is 11.9 Å². The number of carbonyl (C=O) groups excluding carboxylic acids is 2. The zero-order valence-electron chi connectivity index (χ0n) is 19.4. The molecule has 2 N–H and O–H groups in total. The minimum absolute atomic E-state index is 0.228. The molecule has 3 amide bonds. The van der Waals surface area contributed by atoms with Crippen LogP contribution in [0.1, 0.15) is 16.7 Å². The molecule has 1 atom stereocenters. The highest BCUT2D eigenvalue weighted by molar-refractivity contribution is 6.30. The van der Waals surface area contributed by atoms with Gasteiger partial charge in [-0.25, -0.2) is 4.79 Å². The smallest absolute Gasteiger partial charge is 0.322 e. The van der Waals surface area contributed by atoms with Crippen molar-refractivity contribution >= 4 is 40.7 Å². The van der Waals surface area contributed by atoms with Crippen LogP contribution in [-0.2, 0) is 17.8 Å². The van der Waals surface area contributed by atoms with E-state index in [1.807, 2.05) is 55.6 Å². The van der Waals surface area contributed by atoms with E-state index in [-0.39, 0.29) is 11.9 Å². The van der Waals surface area contributed by atoms with Crippen LogP contribution in [0.4, 0.5) is 16.2 Å². The van der Waals surface area contributed by atoms with Crippen LogP contribution in [0.3, 0.4) is 0 Å². The molecule has 1 unspecified atom stereocenters. The number of anilines is 2. The van der Waals surface area contributed by atoms with E-state index in [0.29, 0.717) is 29.4 Å². The van der Waals surface area contributed by atoms with E-state index in [9.17, 15) is 9.59 Å². The molecule has 7 nitrogen and oxygen atoms in total. The van der Waals surface area contributed by atoms with Crippen LogP contribution in [0.15, 0.2) is 77.8 Å². The molecule has 5 rings (SSSR count). The highest BCUT2D eigenvalue weighted by Gasteiger charge is 2.34. The second-order valence-electron chi connectivity index (χ2n) is 8.75. The lowest BCUT2D eigenvalue weighted by Gasteiger charge is -2.36. The molecule has 2 aliphatic rings. The van der Waals surface area contributed by atoms with Crippen molar-refractivity contribution in [1.29, 1.82) is 0 Å². The summed E-state index contributed by atoms with van der Waals surface area (Å²) in [7, 11) is 2.02. The Morgan fingerprint density at radius 3 is 2.26 bits per heavy atom. The summed E-state index contributed by atoms with van der Waals surface area (Å²) in [5.74, 6) is 0.727. The number of likely N-dealkylation sites (N-methyl/N-ethyl adjacent to an activating group) is 1. The Balaban J connectivity index is 1.34. The number of amidine groups is 1. The second kappa shape index (κ2) is 9.80. The summed E-state index contributed by atoms with van der Waals surface area (Å²) < 4.78 is 0. The Hall–Kier alpha value is -3.84. The fourth-order valence-corrected chi connectivity index (χ4v) is 4.60. The zero-order valence-corrected chi connectivity index (χ0v) is 20.1. The Kier molecular flexibility index (Phi) is 6.42. The van der Waals surface area contributed by atoms with Gasteiger partial charge >= 0.3 is 6.03 Å². The number of nitrogens with zero attached hydrogens (tertiary/aromatic N) is 3. The number of hydrogen-bond acceptors (Lipinski definition) is 4. The van der Waals surface area contributed by atoms with E-state index in [2.05, 4.69) is 20.5 Å². The molecule has 178 valence electrons. The summed E-state index contributed by atoms with van der Waals surface area (Å²) in [6.07, 6.45) is 0.440. The Labute approximate surface area is 209 Å². The molecule has 0 aromatic heterocycles. The fourth-order valence-electron chi connectivity index (χ4n) is 4.47. The predicted octanol–water partition coefficient (Wildman–Crippen LogP) is 4.63. The van der Waals surface area contributed by atoms with Crippen LogP contribution in [0, 0.1) is 0 Å². The van der Waals surface area contributed by atoms with Gasteiger partial charge in [0, 0.05) is 48.5 Å². The van der Waals surface area contributed by atoms with Crippen LogP contribution >= 0.6 is 11.6 Å². The molecule has 0 radical (unpaired) electrons. The van der Waals surface area contributed by atoms with Crippen molar-refractivity contribution < 1.29 is 9.59 Å². The van der Waals surface area contributed by atoms with Crippen molar-refractivity contribution in [3.63, 3.8) is 0 Å². The molecular formula is C27H26ClN5O2. The van der Waals surface area contributed by atoms with Gasteiger partial charge in [0.15, 0.2) is 0 Å². The molecule has 0 aliphatic carbocycles. The number of nitrogens with one attached hydrogen (secondary N) is 2. The molecule has 2 aliphatic heterocycles. The van der Waals surface area contributed by atoms with Gasteiger partial charge in [-0.1, -0.05) is 35.9 Å². The molecular weight excluding hydrogens is 462 g/mol. The third-order valence-corrected chi connectivity index (χ3v) is 6.63. The molecule has 8 heteroatoms. The number of carbonyl (C=O) groups is 2. The van der Waals surface area contributed by atoms with Crippen LogP contribution in [0.2, 0.25) is 5.02 Å². The first-order chi connectivity index (χ1) is 17.0. The number of fused-ring (bicyclic) bond motifs is 1. The molecule has 35 heavy (non-hydrogen) atoms. The van der Waals surface area contributed by atoms with Gasteiger partial charge in [-0.15, -0.1) is 0 Å². The lowest BCUT2D eigenvalue weighted by molar-refractivity contribution is -0.120. The summed E-state index contributed by atoms with van der Waals surface area (Å²) in [6, 6.07) is 21.5. The van der Waals surface area contributed by atoms with Crippen molar-refractivity contribution in [2.45, 2.75) is 19.0 Å². The van der Waals surface area contributed by atoms with Gasteiger partial charge in [-0.05, 0) is 59.7 Å². The van der Waals surface area contributed by atoms with E-state index in [4.69, 9.17) is 11.6 Å². The molecule has 3 aromatic carbocycles. The van der Waals surface area contributed by atoms with Crippen molar-refractivity contribution in [3.05, 3.63) is 94.5 Å². The van der Waals surface area contributed by atoms with Crippen LogP contribution < -0.4 is 10.6 Å². The minimum Gasteiger partial charge on any atom is -0.358 e. The van der Waals surface area contributed by atoms with E-state index in [1.165, 1.54) is 0 Å². The lowest BCUT2D eigenvalue weighted by atomic mass is 9.93. The molecule has 0 bridgehead atoms. The first-order valence-corrected chi connectivity index (χ1v) is 11.9. The van der Waals surface area contributed by atoms with Crippen LogP contribution in [-0.4, -0.2) is 53.8 Å². The summed E-state index contributed by atoms with van der Waals surface area (Å²) >= 11 is 5.96. The fraction of sp³-hybridized carbons (Fsp3) is 0.222. The highest BCUT2D eigenvalue weighted by atomic mass is 35.5. The molecule has 3 aromatic rings. The number of halogens is 1. The molecule has 2 heterocycles. The maximum Gasteiger partial charge on any atom is 0.322 e. The van der Waals surface area contributed by atoms with Crippen molar-refractivity contribution in [2.75, 3.05) is 30.8 Å². The quantitative estimate of drug-likeness (QED) is 0.563. The van der Waals surface area contributed by atoms with Crippen molar-refractivity contribution in [3.8, 4) is 0 Å². The van der Waals surface area contributed by atoms with Crippen molar-refractivity contribution in [1.82, 2.24) is 9.80 Å². The van der Waals surface area contributed by atoms with Gasteiger partial charge in [0.2, 0.25) is 5.91 Å². The van der Waals surface area contributed by atoms with Crippen molar-refractivity contribution in [2.24, 2.45) is 4.99 Å². The molecule has 0 saturated heterocycles. The van der Waals surface area contributed by atoms with Crippen LogP contribution in [0.25, 0.3) is 0 Å². The normalized spacial score (nSPS) is 17.0. The number of hydrogen-bond donors (Lipinski definition) is 2. The third kappa shape index (κ3) is 5.00. The number of aliphatic imine (C=N–C) groups is 1. The maximum absolute atomic E-state index is 13.4. The Morgan fingerprint density at radius 2 is 1.57 bits per heavy atom. The minimum atomic E-state index is -0.651. The number of benzene rings is 3. The second-order valence-corrected chi connectivity index (χ2v) is 9.18. The largest absolute Gasteiger partial charge is 0.358 e.